The molecule has 0 saturated carbocycles. The molecule has 0 N–H and O–H groups in total. The van der Waals surface area contributed by atoms with Crippen molar-refractivity contribution in [3.05, 3.63) is 29.8 Å². The van der Waals surface area contributed by atoms with E-state index in [2.05, 4.69) is 41.1 Å². The van der Waals surface area contributed by atoms with E-state index in [9.17, 15) is 0 Å². The van der Waals surface area contributed by atoms with E-state index in [1.807, 2.05) is 0 Å². The summed E-state index contributed by atoms with van der Waals surface area (Å²) in [4.78, 5) is 5.02. The average Bonchev–Trinajstić information content (AvgIpc) is 2.54. The van der Waals surface area contributed by atoms with Gasteiger partial charge in [-0.15, -0.1) is 0 Å². The number of para-hydroxylation sites is 1. The Kier molecular flexibility index (Phi) is 1.77. The second-order valence-electron chi connectivity index (χ2n) is 4.44. The van der Waals surface area contributed by atoms with Crippen LogP contribution in [-0.2, 0) is 6.42 Å². The number of rotatable bonds is 0. The monoisotopic (exact) mass is 188 g/mol. The first-order valence-electron chi connectivity index (χ1n) is 5.38. The van der Waals surface area contributed by atoms with E-state index < -0.39 is 0 Å². The minimum atomic E-state index is 0.728. The third-order valence-electron chi connectivity index (χ3n) is 3.44. The van der Waals surface area contributed by atoms with Crippen LogP contribution in [0.3, 0.4) is 0 Å². The molecule has 0 aromatic heterocycles. The molecule has 0 bridgehead atoms. The summed E-state index contributed by atoms with van der Waals surface area (Å²) in [5, 5.41) is 0. The van der Waals surface area contributed by atoms with Crippen LogP contribution in [0.2, 0.25) is 0 Å². The fourth-order valence-electron chi connectivity index (χ4n) is 2.72. The SMILES string of the molecule is CN1CCN2c3ccccc3CC2C1. The fourth-order valence-corrected chi connectivity index (χ4v) is 2.72. The lowest BCUT2D eigenvalue weighted by Crippen LogP contribution is -2.50. The number of likely N-dealkylation sites (N-methyl/N-ethyl adjacent to an activating group) is 1. The molecule has 3 rings (SSSR count). The normalized spacial score (nSPS) is 26.1. The number of hydrogen-bond acceptors (Lipinski definition) is 2. The largest absolute Gasteiger partial charge is 0.365 e. The highest BCUT2D eigenvalue weighted by Gasteiger charge is 2.32. The van der Waals surface area contributed by atoms with Crippen LogP contribution in [0.15, 0.2) is 24.3 Å². The van der Waals surface area contributed by atoms with Crippen molar-refractivity contribution < 1.29 is 0 Å². The molecular formula is C12H16N2. The van der Waals surface area contributed by atoms with Gasteiger partial charge >= 0.3 is 0 Å². The van der Waals surface area contributed by atoms with Gasteiger partial charge in [0.2, 0.25) is 0 Å². The van der Waals surface area contributed by atoms with Gasteiger partial charge in [0.15, 0.2) is 0 Å². The van der Waals surface area contributed by atoms with Gasteiger partial charge in [0.25, 0.3) is 0 Å². The van der Waals surface area contributed by atoms with E-state index in [1.165, 1.54) is 37.3 Å². The van der Waals surface area contributed by atoms with Gasteiger partial charge in [-0.25, -0.2) is 0 Å². The number of fused-ring (bicyclic) bond motifs is 3. The van der Waals surface area contributed by atoms with Crippen LogP contribution in [0.1, 0.15) is 5.56 Å². The lowest BCUT2D eigenvalue weighted by atomic mass is 10.1. The fraction of sp³-hybridized carbons (Fsp3) is 0.500. The maximum absolute atomic E-state index is 2.58. The van der Waals surface area contributed by atoms with Crippen LogP contribution in [0.4, 0.5) is 5.69 Å². The van der Waals surface area contributed by atoms with Crippen LogP contribution in [-0.4, -0.2) is 37.6 Å². The molecule has 74 valence electrons. The molecule has 1 atom stereocenters. The predicted octanol–water partition coefficient (Wildman–Crippen LogP) is 1.36. The van der Waals surface area contributed by atoms with Crippen LogP contribution >= 0.6 is 0 Å². The van der Waals surface area contributed by atoms with Crippen LogP contribution in [0, 0.1) is 0 Å². The second kappa shape index (κ2) is 2.99. The van der Waals surface area contributed by atoms with E-state index in [0.29, 0.717) is 0 Å². The maximum atomic E-state index is 2.58. The summed E-state index contributed by atoms with van der Waals surface area (Å²) in [5.41, 5.74) is 3.01. The summed E-state index contributed by atoms with van der Waals surface area (Å²) in [5.74, 6) is 0. The molecule has 0 aliphatic carbocycles. The van der Waals surface area contributed by atoms with Crippen LogP contribution in [0.25, 0.3) is 0 Å². The van der Waals surface area contributed by atoms with E-state index in [0.717, 1.165) is 6.04 Å². The Morgan fingerprint density at radius 1 is 1.21 bits per heavy atom. The van der Waals surface area contributed by atoms with Gasteiger partial charge in [0.05, 0.1) is 0 Å². The lowest BCUT2D eigenvalue weighted by molar-refractivity contribution is 0.273. The van der Waals surface area contributed by atoms with Crippen molar-refractivity contribution in [2.45, 2.75) is 12.5 Å². The van der Waals surface area contributed by atoms with Crippen molar-refractivity contribution in [1.82, 2.24) is 4.90 Å². The van der Waals surface area contributed by atoms with E-state index >= 15 is 0 Å². The van der Waals surface area contributed by atoms with Gasteiger partial charge in [-0.1, -0.05) is 18.2 Å². The predicted molar refractivity (Wildman–Crippen MR) is 58.8 cm³/mol. The first kappa shape index (κ1) is 8.30. The number of hydrogen-bond donors (Lipinski definition) is 0. The summed E-state index contributed by atoms with van der Waals surface area (Å²) >= 11 is 0. The molecule has 0 amide bonds. The topological polar surface area (TPSA) is 6.48 Å². The highest BCUT2D eigenvalue weighted by atomic mass is 15.3. The minimum Gasteiger partial charge on any atom is -0.365 e. The van der Waals surface area contributed by atoms with Gasteiger partial charge in [-0.3, -0.25) is 0 Å². The third kappa shape index (κ3) is 1.14. The van der Waals surface area contributed by atoms with E-state index in [4.69, 9.17) is 0 Å². The standard InChI is InChI=1S/C12H16N2/c1-13-6-7-14-11(9-13)8-10-4-2-3-5-12(10)14/h2-5,11H,6-9H2,1H3. The van der Waals surface area contributed by atoms with Crippen LogP contribution < -0.4 is 4.90 Å². The number of piperazine rings is 1. The van der Waals surface area contributed by atoms with Crippen molar-refractivity contribution in [2.24, 2.45) is 0 Å². The molecule has 2 heterocycles. The van der Waals surface area contributed by atoms with Gasteiger partial charge in [0, 0.05) is 31.4 Å². The Balaban J connectivity index is 1.94. The van der Waals surface area contributed by atoms with Crippen molar-refractivity contribution in [2.75, 3.05) is 31.6 Å². The molecule has 1 saturated heterocycles. The Morgan fingerprint density at radius 3 is 3.00 bits per heavy atom. The molecule has 2 nitrogen and oxygen atoms in total. The molecule has 1 unspecified atom stereocenters. The first-order chi connectivity index (χ1) is 6.84. The Labute approximate surface area is 85.1 Å². The van der Waals surface area contributed by atoms with Crippen molar-refractivity contribution in [1.29, 1.82) is 0 Å². The van der Waals surface area contributed by atoms with Gasteiger partial charge < -0.3 is 9.80 Å². The zero-order chi connectivity index (χ0) is 9.54. The molecule has 0 radical (unpaired) electrons. The summed E-state index contributed by atoms with van der Waals surface area (Å²) in [6.45, 7) is 3.61. The highest BCUT2D eigenvalue weighted by molar-refractivity contribution is 5.59. The highest BCUT2D eigenvalue weighted by Crippen LogP contribution is 2.33. The molecule has 2 aliphatic rings. The summed E-state index contributed by atoms with van der Waals surface area (Å²) in [7, 11) is 2.22. The number of benzene rings is 1. The van der Waals surface area contributed by atoms with Crippen LogP contribution in [0.5, 0.6) is 0 Å². The smallest absolute Gasteiger partial charge is 0.0458 e. The number of anilines is 1. The molecule has 2 heteroatoms. The quantitative estimate of drug-likeness (QED) is 0.606. The zero-order valence-corrected chi connectivity index (χ0v) is 8.61. The Hall–Kier alpha value is -1.02. The summed E-state index contributed by atoms with van der Waals surface area (Å²) < 4.78 is 0. The summed E-state index contributed by atoms with van der Waals surface area (Å²) in [6.07, 6.45) is 1.24. The van der Waals surface area contributed by atoms with E-state index in [1.54, 1.807) is 0 Å². The van der Waals surface area contributed by atoms with Crippen molar-refractivity contribution in [3.63, 3.8) is 0 Å². The average molecular weight is 188 g/mol. The second-order valence-corrected chi connectivity index (χ2v) is 4.44. The van der Waals surface area contributed by atoms with Gasteiger partial charge in [-0.2, -0.15) is 0 Å². The molecular weight excluding hydrogens is 172 g/mol. The minimum absolute atomic E-state index is 0.728. The molecule has 1 aromatic carbocycles. The van der Waals surface area contributed by atoms with Crippen molar-refractivity contribution >= 4 is 5.69 Å². The van der Waals surface area contributed by atoms with Crippen molar-refractivity contribution in [3.8, 4) is 0 Å². The molecule has 1 aromatic rings. The van der Waals surface area contributed by atoms with Gasteiger partial charge in [-0.05, 0) is 25.1 Å². The van der Waals surface area contributed by atoms with E-state index in [-0.39, 0.29) is 0 Å². The third-order valence-corrected chi connectivity index (χ3v) is 3.44. The molecule has 1 fully saturated rings. The lowest BCUT2D eigenvalue weighted by Gasteiger charge is -2.37. The maximum Gasteiger partial charge on any atom is 0.0458 e. The Bertz CT molecular complexity index is 348. The van der Waals surface area contributed by atoms with Gasteiger partial charge in [0.1, 0.15) is 0 Å². The number of nitrogens with zero attached hydrogens (tertiary/aromatic N) is 2. The first-order valence-corrected chi connectivity index (χ1v) is 5.38. The summed E-state index contributed by atoms with van der Waals surface area (Å²) in [6, 6.07) is 9.57. The Morgan fingerprint density at radius 2 is 2.07 bits per heavy atom. The molecule has 2 aliphatic heterocycles. The zero-order valence-electron chi connectivity index (χ0n) is 8.61. The molecule has 14 heavy (non-hydrogen) atoms. The molecule has 0 spiro atoms.